The lowest BCUT2D eigenvalue weighted by molar-refractivity contribution is -0.172. The summed E-state index contributed by atoms with van der Waals surface area (Å²) in [5.41, 5.74) is 9.21. The fourth-order valence-electron chi connectivity index (χ4n) is 5.19. The van der Waals surface area contributed by atoms with Gasteiger partial charge in [0, 0.05) is 28.3 Å². The first-order valence-corrected chi connectivity index (χ1v) is 11.4. The SMILES string of the molecule is CCC1(O)C(=O)OCc2c1cc1n(c2=O)Cc2c-1nc1cc(F)c(C)cc1c2-c1ccc(N)cc1. The number of aryl methyl sites for hydroxylation is 1. The largest absolute Gasteiger partial charge is 0.458 e. The second-order valence-electron chi connectivity index (χ2n) is 9.16. The Morgan fingerprint density at radius 2 is 1.91 bits per heavy atom. The molecule has 0 amide bonds. The second kappa shape index (κ2) is 7.23. The highest BCUT2D eigenvalue weighted by atomic mass is 19.1. The molecule has 0 radical (unpaired) electrons. The third kappa shape index (κ3) is 2.89. The van der Waals surface area contributed by atoms with Crippen molar-refractivity contribution < 1.29 is 19.0 Å². The minimum atomic E-state index is -1.91. The average molecular weight is 471 g/mol. The third-order valence-electron chi connectivity index (χ3n) is 7.17. The van der Waals surface area contributed by atoms with Gasteiger partial charge in [-0.05, 0) is 54.3 Å². The lowest BCUT2D eigenvalue weighted by atomic mass is 9.86. The number of halogens is 1. The predicted molar refractivity (Wildman–Crippen MR) is 129 cm³/mol. The van der Waals surface area contributed by atoms with E-state index in [0.29, 0.717) is 28.2 Å². The van der Waals surface area contributed by atoms with Crippen LogP contribution in [0.4, 0.5) is 10.1 Å². The highest BCUT2D eigenvalue weighted by Gasteiger charge is 2.45. The van der Waals surface area contributed by atoms with Crippen molar-refractivity contribution in [2.45, 2.75) is 39.0 Å². The molecule has 6 rings (SSSR count). The summed E-state index contributed by atoms with van der Waals surface area (Å²) in [5.74, 6) is -1.15. The number of nitrogen functional groups attached to an aromatic ring is 1. The zero-order valence-electron chi connectivity index (χ0n) is 19.2. The molecule has 176 valence electrons. The standard InChI is InChI=1S/C27H22FN3O4/c1-3-27(34)19-9-22-24-17(11-31(22)25(32)18(19)12-35-26(27)33)23(14-4-6-15(29)7-5-14)16-8-13(2)20(28)10-21(16)30-24/h4-10,34H,3,11-12,29H2,1-2H3. The van der Waals surface area contributed by atoms with E-state index >= 15 is 0 Å². The Morgan fingerprint density at radius 1 is 1.17 bits per heavy atom. The van der Waals surface area contributed by atoms with E-state index in [0.717, 1.165) is 22.1 Å². The van der Waals surface area contributed by atoms with Crippen molar-refractivity contribution in [2.24, 2.45) is 0 Å². The van der Waals surface area contributed by atoms with Crippen molar-refractivity contribution >= 4 is 22.6 Å². The molecule has 2 aliphatic rings. The van der Waals surface area contributed by atoms with Gasteiger partial charge in [0.05, 0.1) is 29.0 Å². The highest BCUT2D eigenvalue weighted by molar-refractivity contribution is 6.00. The van der Waals surface area contributed by atoms with E-state index in [1.807, 2.05) is 12.1 Å². The van der Waals surface area contributed by atoms with Gasteiger partial charge < -0.3 is 20.1 Å². The number of rotatable bonds is 2. The first-order valence-electron chi connectivity index (χ1n) is 11.4. The molecule has 2 aliphatic heterocycles. The number of esters is 1. The molecular formula is C27H22FN3O4. The molecule has 2 aromatic heterocycles. The van der Waals surface area contributed by atoms with Crippen LogP contribution in [0.3, 0.4) is 0 Å². The molecule has 1 atom stereocenters. The number of carbonyl (C=O) groups excluding carboxylic acids is 1. The number of pyridine rings is 2. The first kappa shape index (κ1) is 21.5. The summed E-state index contributed by atoms with van der Waals surface area (Å²) in [6.07, 6.45) is 0.0565. The van der Waals surface area contributed by atoms with Crippen LogP contribution >= 0.6 is 0 Å². The number of benzene rings is 2. The number of cyclic esters (lactones) is 1. The van der Waals surface area contributed by atoms with Gasteiger partial charge in [-0.25, -0.2) is 14.2 Å². The summed E-state index contributed by atoms with van der Waals surface area (Å²) in [6, 6.07) is 12.2. The highest BCUT2D eigenvalue weighted by Crippen LogP contribution is 2.43. The Balaban J connectivity index is 1.70. The zero-order chi connectivity index (χ0) is 24.6. The normalized spacial score (nSPS) is 18.2. The Kier molecular flexibility index (Phi) is 4.44. The third-order valence-corrected chi connectivity index (χ3v) is 7.17. The van der Waals surface area contributed by atoms with Crippen molar-refractivity contribution in [1.82, 2.24) is 9.55 Å². The molecule has 7 nitrogen and oxygen atoms in total. The van der Waals surface area contributed by atoms with Gasteiger partial charge in [-0.2, -0.15) is 0 Å². The van der Waals surface area contributed by atoms with Crippen LogP contribution in [0.15, 0.2) is 47.3 Å². The van der Waals surface area contributed by atoms with Gasteiger partial charge in [0.25, 0.3) is 5.56 Å². The van der Waals surface area contributed by atoms with Crippen molar-refractivity contribution in [3.05, 3.63) is 80.9 Å². The number of fused-ring (bicyclic) bond motifs is 5. The quantitative estimate of drug-likeness (QED) is 0.300. The number of aromatic nitrogens is 2. The van der Waals surface area contributed by atoms with Gasteiger partial charge in [-0.15, -0.1) is 0 Å². The molecule has 35 heavy (non-hydrogen) atoms. The fourth-order valence-corrected chi connectivity index (χ4v) is 5.19. The van der Waals surface area contributed by atoms with Crippen molar-refractivity contribution in [3.63, 3.8) is 0 Å². The molecule has 0 saturated heterocycles. The minimum Gasteiger partial charge on any atom is -0.458 e. The number of nitrogens with two attached hydrogens (primary N) is 1. The summed E-state index contributed by atoms with van der Waals surface area (Å²) in [6.45, 7) is 3.40. The lowest BCUT2D eigenvalue weighted by Gasteiger charge is -2.31. The van der Waals surface area contributed by atoms with Gasteiger partial charge in [-0.3, -0.25) is 4.79 Å². The molecule has 0 bridgehead atoms. The van der Waals surface area contributed by atoms with E-state index in [1.165, 1.54) is 6.07 Å². The smallest absolute Gasteiger partial charge is 0.343 e. The van der Waals surface area contributed by atoms with Crippen molar-refractivity contribution in [3.8, 4) is 22.5 Å². The van der Waals surface area contributed by atoms with Gasteiger partial charge in [0.15, 0.2) is 5.60 Å². The van der Waals surface area contributed by atoms with Crippen LogP contribution in [0, 0.1) is 12.7 Å². The van der Waals surface area contributed by atoms with Crippen LogP contribution in [0.1, 0.15) is 35.6 Å². The fraction of sp³-hybridized carbons (Fsp3) is 0.222. The van der Waals surface area contributed by atoms with E-state index in [-0.39, 0.29) is 42.1 Å². The van der Waals surface area contributed by atoms with Crippen molar-refractivity contribution in [1.29, 1.82) is 0 Å². The Labute approximate surface area is 199 Å². The van der Waals surface area contributed by atoms with E-state index in [1.54, 1.807) is 42.7 Å². The van der Waals surface area contributed by atoms with Gasteiger partial charge in [-0.1, -0.05) is 19.1 Å². The van der Waals surface area contributed by atoms with E-state index in [4.69, 9.17) is 15.5 Å². The summed E-state index contributed by atoms with van der Waals surface area (Å²) in [4.78, 5) is 30.7. The summed E-state index contributed by atoms with van der Waals surface area (Å²) >= 11 is 0. The molecule has 0 aliphatic carbocycles. The maximum Gasteiger partial charge on any atom is 0.343 e. The number of aliphatic hydroxyl groups is 1. The maximum atomic E-state index is 14.6. The molecule has 3 N–H and O–H groups in total. The lowest BCUT2D eigenvalue weighted by Crippen LogP contribution is -2.44. The van der Waals surface area contributed by atoms with Crippen LogP contribution in [0.5, 0.6) is 0 Å². The van der Waals surface area contributed by atoms with E-state index in [9.17, 15) is 19.1 Å². The molecule has 0 saturated carbocycles. The monoisotopic (exact) mass is 471 g/mol. The molecule has 0 spiro atoms. The molecular weight excluding hydrogens is 449 g/mol. The Morgan fingerprint density at radius 3 is 2.63 bits per heavy atom. The number of hydrogen-bond acceptors (Lipinski definition) is 6. The van der Waals surface area contributed by atoms with Crippen LogP contribution < -0.4 is 11.3 Å². The number of ether oxygens (including phenoxy) is 1. The summed E-state index contributed by atoms with van der Waals surface area (Å²) in [7, 11) is 0. The molecule has 2 aromatic carbocycles. The number of carbonyl (C=O) groups is 1. The molecule has 4 heterocycles. The Hall–Kier alpha value is -4.04. The summed E-state index contributed by atoms with van der Waals surface area (Å²) < 4.78 is 21.3. The maximum absolute atomic E-state index is 14.6. The van der Waals surface area contributed by atoms with Gasteiger partial charge in [0.2, 0.25) is 0 Å². The molecule has 0 fully saturated rings. The number of anilines is 1. The van der Waals surface area contributed by atoms with E-state index in [2.05, 4.69) is 0 Å². The first-order chi connectivity index (χ1) is 16.7. The van der Waals surface area contributed by atoms with E-state index < -0.39 is 11.6 Å². The average Bonchev–Trinajstić information content (AvgIpc) is 3.20. The topological polar surface area (TPSA) is 107 Å². The molecule has 4 aromatic rings. The molecule has 1 unspecified atom stereocenters. The van der Waals surface area contributed by atoms with Gasteiger partial charge >= 0.3 is 5.97 Å². The molecule has 8 heteroatoms. The second-order valence-corrected chi connectivity index (χ2v) is 9.16. The van der Waals surface area contributed by atoms with Gasteiger partial charge in [0.1, 0.15) is 12.4 Å². The van der Waals surface area contributed by atoms with Crippen LogP contribution in [0.25, 0.3) is 33.4 Å². The number of nitrogens with zero attached hydrogens (tertiary/aromatic N) is 2. The minimum absolute atomic E-state index is 0.0565. The van der Waals surface area contributed by atoms with Crippen LogP contribution in [0.2, 0.25) is 0 Å². The summed E-state index contributed by atoms with van der Waals surface area (Å²) in [5, 5.41) is 11.9. The Bertz CT molecular complexity index is 1640. The van der Waals surface area contributed by atoms with Crippen LogP contribution in [-0.2, 0) is 28.3 Å². The number of hydrogen-bond donors (Lipinski definition) is 2. The zero-order valence-corrected chi connectivity index (χ0v) is 19.2. The van der Waals surface area contributed by atoms with Crippen LogP contribution in [-0.4, -0.2) is 20.6 Å². The van der Waals surface area contributed by atoms with Crippen molar-refractivity contribution in [2.75, 3.05) is 5.73 Å². The predicted octanol–water partition coefficient (Wildman–Crippen LogP) is 3.78.